The quantitative estimate of drug-likeness (QED) is 0.875. The average Bonchev–Trinajstić information content (AvgIpc) is 2.86. The van der Waals surface area contributed by atoms with Crippen LogP contribution in [0.4, 0.5) is 5.69 Å². The molecule has 0 aliphatic carbocycles. The van der Waals surface area contributed by atoms with Gasteiger partial charge in [0.15, 0.2) is 0 Å². The maximum Gasteiger partial charge on any atom is 0.127 e. The Morgan fingerprint density at radius 2 is 2.10 bits per heavy atom. The number of halogens is 2. The van der Waals surface area contributed by atoms with Crippen LogP contribution in [0.15, 0.2) is 30.3 Å². The van der Waals surface area contributed by atoms with Crippen LogP contribution < -0.4 is 10.1 Å². The van der Waals surface area contributed by atoms with Crippen LogP contribution in [0.3, 0.4) is 0 Å². The number of para-hydroxylation sites is 1. The highest BCUT2D eigenvalue weighted by Gasteiger charge is 2.17. The van der Waals surface area contributed by atoms with Gasteiger partial charge in [-0.15, -0.1) is 0 Å². The van der Waals surface area contributed by atoms with Gasteiger partial charge in [-0.3, -0.25) is 0 Å². The highest BCUT2D eigenvalue weighted by molar-refractivity contribution is 6.33. The minimum absolute atomic E-state index is 0.646. The first-order valence-corrected chi connectivity index (χ1v) is 7.34. The summed E-state index contributed by atoms with van der Waals surface area (Å²) in [4.78, 5) is 0. The topological polar surface area (TPSA) is 21.3 Å². The predicted octanol–water partition coefficient (Wildman–Crippen LogP) is 4.85. The van der Waals surface area contributed by atoms with Crippen LogP contribution in [0, 0.1) is 6.92 Å². The minimum Gasteiger partial charge on any atom is -0.493 e. The molecule has 0 aromatic heterocycles. The second kappa shape index (κ2) is 5.55. The van der Waals surface area contributed by atoms with Gasteiger partial charge in [-0.1, -0.05) is 35.3 Å². The van der Waals surface area contributed by atoms with Crippen molar-refractivity contribution in [3.63, 3.8) is 0 Å². The predicted molar refractivity (Wildman–Crippen MR) is 84.2 cm³/mol. The van der Waals surface area contributed by atoms with Crippen LogP contribution in [-0.2, 0) is 13.0 Å². The molecule has 0 spiro atoms. The van der Waals surface area contributed by atoms with Crippen molar-refractivity contribution in [2.75, 3.05) is 11.9 Å². The summed E-state index contributed by atoms with van der Waals surface area (Å²) in [5.74, 6) is 0.964. The number of anilines is 1. The molecule has 3 rings (SSSR count). The second-order valence-electron chi connectivity index (χ2n) is 4.94. The van der Waals surface area contributed by atoms with Crippen LogP contribution in [-0.4, -0.2) is 6.61 Å². The van der Waals surface area contributed by atoms with Gasteiger partial charge in [0.25, 0.3) is 0 Å². The van der Waals surface area contributed by atoms with E-state index in [2.05, 4.69) is 5.32 Å². The monoisotopic (exact) mass is 307 g/mol. The molecule has 0 radical (unpaired) electrons. The number of ether oxygens (including phenoxy) is 1. The summed E-state index contributed by atoms with van der Waals surface area (Å²) in [5.41, 5.74) is 4.34. The Morgan fingerprint density at radius 1 is 1.25 bits per heavy atom. The summed E-state index contributed by atoms with van der Waals surface area (Å²) >= 11 is 12.4. The summed E-state index contributed by atoms with van der Waals surface area (Å²) in [6, 6.07) is 9.80. The van der Waals surface area contributed by atoms with E-state index in [9.17, 15) is 0 Å². The zero-order chi connectivity index (χ0) is 14.1. The number of rotatable bonds is 3. The lowest BCUT2D eigenvalue weighted by atomic mass is 10.1. The molecule has 2 aromatic rings. The standard InChI is InChI=1S/C16H15Cl2NO/c1-10-3-2-4-14(18)15(10)19-9-12-8-13(17)7-11-5-6-20-16(11)12/h2-4,7-8,19H,5-6,9H2,1H3. The van der Waals surface area contributed by atoms with E-state index in [4.69, 9.17) is 27.9 Å². The number of benzene rings is 2. The molecule has 0 saturated carbocycles. The van der Waals surface area contributed by atoms with Crippen molar-refractivity contribution in [1.29, 1.82) is 0 Å². The molecule has 4 heteroatoms. The first-order valence-electron chi connectivity index (χ1n) is 6.58. The van der Waals surface area contributed by atoms with E-state index < -0.39 is 0 Å². The third-order valence-corrected chi connectivity index (χ3v) is 4.04. The summed E-state index contributed by atoms with van der Waals surface area (Å²) in [5, 5.41) is 4.86. The van der Waals surface area contributed by atoms with Crippen molar-refractivity contribution in [3.05, 3.63) is 57.1 Å². The first kappa shape index (κ1) is 13.6. The Morgan fingerprint density at radius 3 is 2.90 bits per heavy atom. The number of aryl methyl sites for hydroxylation is 1. The van der Waals surface area contributed by atoms with E-state index in [0.717, 1.165) is 45.6 Å². The van der Waals surface area contributed by atoms with E-state index in [1.54, 1.807) is 0 Å². The van der Waals surface area contributed by atoms with Crippen molar-refractivity contribution < 1.29 is 4.74 Å². The molecule has 0 atom stereocenters. The Hall–Kier alpha value is -1.38. The molecule has 2 aromatic carbocycles. The molecule has 104 valence electrons. The van der Waals surface area contributed by atoms with E-state index in [1.165, 1.54) is 5.56 Å². The first-order chi connectivity index (χ1) is 9.65. The Kier molecular flexibility index (Phi) is 3.77. The van der Waals surface area contributed by atoms with Gasteiger partial charge in [0.05, 0.1) is 17.3 Å². The van der Waals surface area contributed by atoms with Crippen LogP contribution in [0.1, 0.15) is 16.7 Å². The highest BCUT2D eigenvalue weighted by atomic mass is 35.5. The van der Waals surface area contributed by atoms with Gasteiger partial charge >= 0.3 is 0 Å². The molecular formula is C16H15Cl2NO. The number of hydrogen-bond acceptors (Lipinski definition) is 2. The maximum absolute atomic E-state index is 6.22. The molecule has 1 aliphatic heterocycles. The highest BCUT2D eigenvalue weighted by Crippen LogP contribution is 2.34. The molecular weight excluding hydrogens is 293 g/mol. The van der Waals surface area contributed by atoms with Gasteiger partial charge in [-0.25, -0.2) is 0 Å². The largest absolute Gasteiger partial charge is 0.493 e. The minimum atomic E-state index is 0.646. The van der Waals surface area contributed by atoms with Crippen molar-refractivity contribution >= 4 is 28.9 Å². The summed E-state index contributed by atoms with van der Waals surface area (Å²) in [7, 11) is 0. The molecule has 0 amide bonds. The molecule has 20 heavy (non-hydrogen) atoms. The molecule has 0 bridgehead atoms. The molecule has 1 N–H and O–H groups in total. The van der Waals surface area contributed by atoms with Gasteiger partial charge in [-0.2, -0.15) is 0 Å². The molecule has 1 aliphatic rings. The Bertz CT molecular complexity index is 635. The fourth-order valence-corrected chi connectivity index (χ4v) is 3.07. The van der Waals surface area contributed by atoms with Crippen molar-refractivity contribution in [3.8, 4) is 5.75 Å². The van der Waals surface area contributed by atoms with E-state index >= 15 is 0 Å². The summed E-state index contributed by atoms with van der Waals surface area (Å²) < 4.78 is 5.70. The van der Waals surface area contributed by atoms with E-state index in [0.29, 0.717) is 6.54 Å². The number of nitrogens with one attached hydrogen (secondary N) is 1. The molecule has 0 saturated heterocycles. The summed E-state index contributed by atoms with van der Waals surface area (Å²) in [6.45, 7) is 3.41. The number of hydrogen-bond donors (Lipinski definition) is 1. The van der Waals surface area contributed by atoms with Gasteiger partial charge in [0.1, 0.15) is 5.75 Å². The fourth-order valence-electron chi connectivity index (χ4n) is 2.52. The Balaban J connectivity index is 1.86. The summed E-state index contributed by atoms with van der Waals surface area (Å²) in [6.07, 6.45) is 0.925. The second-order valence-corrected chi connectivity index (χ2v) is 5.78. The van der Waals surface area contributed by atoms with E-state index in [1.807, 2.05) is 37.3 Å². The lowest BCUT2D eigenvalue weighted by molar-refractivity contribution is 0.354. The van der Waals surface area contributed by atoms with Gasteiger partial charge < -0.3 is 10.1 Å². The lowest BCUT2D eigenvalue weighted by Gasteiger charge is -2.14. The van der Waals surface area contributed by atoms with Crippen LogP contribution in [0.5, 0.6) is 5.75 Å². The molecule has 1 heterocycles. The normalized spacial score (nSPS) is 12.9. The smallest absolute Gasteiger partial charge is 0.127 e. The lowest BCUT2D eigenvalue weighted by Crippen LogP contribution is -2.03. The van der Waals surface area contributed by atoms with Crippen molar-refractivity contribution in [2.24, 2.45) is 0 Å². The molecule has 2 nitrogen and oxygen atoms in total. The fraction of sp³-hybridized carbons (Fsp3) is 0.250. The van der Waals surface area contributed by atoms with Crippen molar-refractivity contribution in [2.45, 2.75) is 19.9 Å². The zero-order valence-corrected chi connectivity index (χ0v) is 12.7. The zero-order valence-electron chi connectivity index (χ0n) is 11.2. The molecule has 0 fully saturated rings. The van der Waals surface area contributed by atoms with Gasteiger partial charge in [-0.05, 0) is 36.2 Å². The number of fused-ring (bicyclic) bond motifs is 1. The Labute approximate surface area is 128 Å². The maximum atomic E-state index is 6.22. The molecule has 0 unspecified atom stereocenters. The third kappa shape index (κ3) is 2.58. The average molecular weight is 308 g/mol. The SMILES string of the molecule is Cc1cccc(Cl)c1NCc1cc(Cl)cc2c1OCC2. The van der Waals surface area contributed by atoms with Crippen molar-refractivity contribution in [1.82, 2.24) is 0 Å². The third-order valence-electron chi connectivity index (χ3n) is 3.50. The van der Waals surface area contributed by atoms with Gasteiger partial charge in [0, 0.05) is 23.6 Å². The van der Waals surface area contributed by atoms with Crippen LogP contribution >= 0.6 is 23.2 Å². The van der Waals surface area contributed by atoms with Crippen LogP contribution in [0.25, 0.3) is 0 Å². The van der Waals surface area contributed by atoms with Crippen LogP contribution in [0.2, 0.25) is 10.0 Å². The van der Waals surface area contributed by atoms with Gasteiger partial charge in [0.2, 0.25) is 0 Å². The van der Waals surface area contributed by atoms with E-state index in [-0.39, 0.29) is 0 Å².